The summed E-state index contributed by atoms with van der Waals surface area (Å²) in [4.78, 5) is 71.8. The number of hydrogen-bond donors (Lipinski definition) is 0. The maximum atomic E-state index is 12.3. The maximum Gasteiger partial charge on any atom is 0.303 e. The highest BCUT2D eigenvalue weighted by Gasteiger charge is 2.54. The molecule has 0 saturated carbocycles. The summed E-state index contributed by atoms with van der Waals surface area (Å²) in [5.74, 6) is -5.45. The molecule has 0 N–H and O–H groups in total. The topological polar surface area (TPSA) is 184 Å². The Hall–Kier alpha value is -3.33. The van der Waals surface area contributed by atoms with E-state index in [0.29, 0.717) is 0 Å². The second-order valence-electron chi connectivity index (χ2n) is 9.97. The van der Waals surface area contributed by atoms with Crippen molar-refractivity contribution < 1.29 is 57.0 Å². The summed E-state index contributed by atoms with van der Waals surface area (Å²) in [6.45, 7) is 10.2. The van der Waals surface area contributed by atoms with Gasteiger partial charge in [0.05, 0.1) is 5.92 Å². The molecule has 0 unspecified atom stereocenters. The molecule has 14 nitrogen and oxygen atoms in total. The molecule has 0 fully saturated rings. The summed E-state index contributed by atoms with van der Waals surface area (Å²) in [5, 5.41) is 12.3. The second-order valence-corrected chi connectivity index (χ2v) is 14.4. The third-order valence-electron chi connectivity index (χ3n) is 5.35. The zero-order valence-corrected chi connectivity index (χ0v) is 24.4. The zero-order chi connectivity index (χ0) is 30.1. The predicted octanol–water partition coefficient (Wildman–Crippen LogP) is 1.72. The van der Waals surface area contributed by atoms with Crippen molar-refractivity contribution >= 4 is 38.2 Å². The van der Waals surface area contributed by atoms with E-state index in [0.717, 1.165) is 34.6 Å². The Balaban J connectivity index is 3.77. The largest absolute Gasteiger partial charge is 0.462 e. The van der Waals surface area contributed by atoms with Gasteiger partial charge in [-0.05, 0) is 26.1 Å². The van der Waals surface area contributed by atoms with E-state index in [-0.39, 0.29) is 6.42 Å². The van der Waals surface area contributed by atoms with Crippen molar-refractivity contribution in [2.45, 2.75) is 97.2 Å². The molecule has 39 heavy (non-hydrogen) atoms. The highest BCUT2D eigenvalue weighted by atomic mass is 28.4. The van der Waals surface area contributed by atoms with E-state index >= 15 is 0 Å². The fourth-order valence-corrected chi connectivity index (χ4v) is 5.28. The molecule has 0 amide bonds. The van der Waals surface area contributed by atoms with E-state index in [1.807, 2.05) is 19.6 Å². The minimum Gasteiger partial charge on any atom is -0.462 e. The monoisotopic (exact) mass is 575 g/mol. The molecule has 7 atom stereocenters. The number of nitrogens with zero attached hydrogens (tertiary/aromatic N) is 1. The van der Waals surface area contributed by atoms with E-state index in [1.54, 1.807) is 12.2 Å². The van der Waals surface area contributed by atoms with Crippen LogP contribution in [-0.2, 0) is 52.1 Å². The summed E-state index contributed by atoms with van der Waals surface area (Å²) in [6, 6.07) is -1.46. The van der Waals surface area contributed by atoms with Crippen molar-refractivity contribution in [3.63, 3.8) is 0 Å². The Morgan fingerprint density at radius 2 is 1.36 bits per heavy atom. The molecule has 0 aromatic rings. The molecule has 1 aliphatic rings. The number of esters is 5. The van der Waals surface area contributed by atoms with E-state index in [1.165, 1.54) is 0 Å². The van der Waals surface area contributed by atoms with Gasteiger partial charge in [0.1, 0.15) is 12.7 Å². The summed E-state index contributed by atoms with van der Waals surface area (Å²) in [5.41, 5.74) is 0. The number of allylic oxidation sites excluding steroid dienone is 1. The molecule has 0 saturated heterocycles. The van der Waals surface area contributed by atoms with Crippen molar-refractivity contribution in [3.8, 4) is 0 Å². The van der Waals surface area contributed by atoms with Gasteiger partial charge >= 0.3 is 29.8 Å². The van der Waals surface area contributed by atoms with Gasteiger partial charge in [-0.15, -0.1) is 0 Å². The molecule has 220 valence electrons. The Bertz CT molecular complexity index is 960. The molecule has 0 spiro atoms. The summed E-state index contributed by atoms with van der Waals surface area (Å²) < 4.78 is 32.6. The molecule has 0 aliphatic heterocycles. The molecule has 0 bridgehead atoms. The van der Waals surface area contributed by atoms with E-state index in [2.05, 4.69) is 0 Å². The molecule has 0 aromatic carbocycles. The second kappa shape index (κ2) is 14.7. The number of nitro groups is 1. The van der Waals surface area contributed by atoms with Crippen molar-refractivity contribution in [1.29, 1.82) is 0 Å². The maximum absolute atomic E-state index is 12.3. The van der Waals surface area contributed by atoms with Gasteiger partial charge in [0, 0.05) is 39.5 Å². The average Bonchev–Trinajstić information content (AvgIpc) is 2.75. The number of rotatable bonds is 13. The van der Waals surface area contributed by atoms with Crippen LogP contribution >= 0.6 is 0 Å². The molecule has 0 radical (unpaired) electrons. The Morgan fingerprint density at radius 1 is 0.846 bits per heavy atom. The molecule has 0 aromatic heterocycles. The first kappa shape index (κ1) is 33.7. The van der Waals surface area contributed by atoms with Crippen LogP contribution in [0.5, 0.6) is 0 Å². The highest BCUT2D eigenvalue weighted by Crippen LogP contribution is 2.34. The minimum atomic E-state index is -2.31. The van der Waals surface area contributed by atoms with Crippen molar-refractivity contribution in [2.75, 3.05) is 6.61 Å². The van der Waals surface area contributed by atoms with Gasteiger partial charge in [0.15, 0.2) is 32.7 Å². The summed E-state index contributed by atoms with van der Waals surface area (Å²) in [6.07, 6.45) is -4.31. The molecular formula is C24H37NO13Si. The van der Waals surface area contributed by atoms with Crippen LogP contribution < -0.4 is 0 Å². The molecule has 1 rings (SSSR count). The summed E-state index contributed by atoms with van der Waals surface area (Å²) >= 11 is 0. The lowest BCUT2D eigenvalue weighted by atomic mass is 9.79. The first-order chi connectivity index (χ1) is 17.9. The van der Waals surface area contributed by atoms with E-state index in [9.17, 15) is 34.1 Å². The fourth-order valence-electron chi connectivity index (χ4n) is 4.25. The zero-order valence-electron chi connectivity index (χ0n) is 23.4. The average molecular weight is 576 g/mol. The van der Waals surface area contributed by atoms with Crippen LogP contribution in [0.15, 0.2) is 12.2 Å². The smallest absolute Gasteiger partial charge is 0.303 e. The highest BCUT2D eigenvalue weighted by molar-refractivity contribution is 6.69. The molecule has 1 aliphatic carbocycles. The van der Waals surface area contributed by atoms with Crippen LogP contribution in [0.25, 0.3) is 0 Å². The van der Waals surface area contributed by atoms with Gasteiger partial charge in [-0.2, -0.15) is 0 Å². The minimum absolute atomic E-state index is 0.00187. The van der Waals surface area contributed by atoms with Crippen LogP contribution in [0.3, 0.4) is 0 Å². The quantitative estimate of drug-likeness (QED) is 0.0773. The number of carbonyl (C=O) groups excluding carboxylic acids is 5. The van der Waals surface area contributed by atoms with Crippen LogP contribution in [0.1, 0.15) is 41.0 Å². The van der Waals surface area contributed by atoms with Gasteiger partial charge in [-0.3, -0.25) is 34.1 Å². The normalized spacial score (nSPS) is 21.9. The third kappa shape index (κ3) is 11.5. The fraction of sp³-hybridized carbons (Fsp3) is 0.708. The predicted molar refractivity (Wildman–Crippen MR) is 135 cm³/mol. The van der Waals surface area contributed by atoms with Gasteiger partial charge in [-0.25, -0.2) is 0 Å². The third-order valence-corrected chi connectivity index (χ3v) is 6.33. The van der Waals surface area contributed by atoms with Crippen LogP contribution in [0.2, 0.25) is 19.6 Å². The molecular weight excluding hydrogens is 538 g/mol. The first-order valence-electron chi connectivity index (χ1n) is 12.2. The molecule has 15 heteroatoms. The van der Waals surface area contributed by atoms with E-state index < -0.39 is 92.2 Å². The van der Waals surface area contributed by atoms with Gasteiger partial charge in [0.2, 0.25) is 6.04 Å². The molecule has 0 heterocycles. The van der Waals surface area contributed by atoms with Crippen molar-refractivity contribution in [2.24, 2.45) is 5.92 Å². The number of hydrogen-bond acceptors (Lipinski definition) is 13. The van der Waals surface area contributed by atoms with Gasteiger partial charge in [-0.1, -0.05) is 12.2 Å². The Morgan fingerprint density at radius 3 is 1.79 bits per heavy atom. The van der Waals surface area contributed by atoms with Crippen LogP contribution in [0, 0.1) is 16.0 Å². The van der Waals surface area contributed by atoms with Crippen LogP contribution in [-0.4, -0.2) is 86.3 Å². The van der Waals surface area contributed by atoms with Gasteiger partial charge in [0.25, 0.3) is 0 Å². The number of ether oxygens (including phenoxy) is 5. The Kier molecular flexibility index (Phi) is 12.7. The number of carbonyl (C=O) groups is 5. The van der Waals surface area contributed by atoms with Crippen LogP contribution in [0.4, 0.5) is 0 Å². The lowest BCUT2D eigenvalue weighted by Gasteiger charge is -2.41. The lowest BCUT2D eigenvalue weighted by Crippen LogP contribution is -2.59. The first-order valence-corrected chi connectivity index (χ1v) is 15.6. The lowest BCUT2D eigenvalue weighted by molar-refractivity contribution is -0.544. The summed E-state index contributed by atoms with van der Waals surface area (Å²) in [7, 11) is -2.31. The van der Waals surface area contributed by atoms with Crippen molar-refractivity contribution in [1.82, 2.24) is 0 Å². The van der Waals surface area contributed by atoms with E-state index in [4.69, 9.17) is 28.1 Å². The van der Waals surface area contributed by atoms with Gasteiger partial charge < -0.3 is 28.1 Å². The van der Waals surface area contributed by atoms with Crippen molar-refractivity contribution in [3.05, 3.63) is 22.3 Å². The standard InChI is InChI=1S/C24H37NO13Si/c1-13(26)33-12-20(34-14(2)27)23(36-16(4)29)24(37-17(5)30)22(35-15(3)28)18-10-9-11-19(21(18)25(31)32)38-39(6,7)8/h9,11,18-24H,10,12H2,1-8H3/t18-,19+,20-,21+,22-,23-,24-/m1/s1. The SMILES string of the molecule is CC(=O)OC[C@@H](OC(C)=O)[C@@H](OC(C)=O)[C@H](OC(C)=O)[C@H](OC(C)=O)[C@@H]1CC=C[C@H](O[Si](C)(C)C)[C@H]1[N+](=O)[O-]. The Labute approximate surface area is 227 Å².